The molecule has 0 spiro atoms. The zero-order valence-electron chi connectivity index (χ0n) is 14.0. The molecule has 1 amide bonds. The van der Waals surface area contributed by atoms with E-state index in [9.17, 15) is 14.7 Å². The Morgan fingerprint density at radius 3 is 2.68 bits per heavy atom. The van der Waals surface area contributed by atoms with Gasteiger partial charge in [-0.05, 0) is 37.0 Å². The molecule has 25 heavy (non-hydrogen) atoms. The number of benzene rings is 1. The number of likely N-dealkylation sites (tertiary alicyclic amines) is 1. The third-order valence-electron chi connectivity index (χ3n) is 4.34. The second-order valence-corrected chi connectivity index (χ2v) is 6.27. The van der Waals surface area contributed by atoms with Gasteiger partial charge in [0, 0.05) is 18.8 Å². The van der Waals surface area contributed by atoms with Gasteiger partial charge >= 0.3 is 5.97 Å². The number of carboxylic acid groups (broad SMARTS) is 1. The number of rotatable bonds is 4. The van der Waals surface area contributed by atoms with Crippen molar-refractivity contribution >= 4 is 11.9 Å². The van der Waals surface area contributed by atoms with Gasteiger partial charge in [-0.15, -0.1) is 0 Å². The fourth-order valence-electron chi connectivity index (χ4n) is 2.98. The molecule has 0 saturated carbocycles. The summed E-state index contributed by atoms with van der Waals surface area (Å²) in [5.41, 5.74) is 0.189. The highest BCUT2D eigenvalue weighted by Crippen LogP contribution is 2.26. The van der Waals surface area contributed by atoms with Gasteiger partial charge in [0.05, 0.1) is 0 Å². The normalized spacial score (nSPS) is 20.1. The fourth-order valence-corrected chi connectivity index (χ4v) is 2.98. The van der Waals surface area contributed by atoms with Crippen LogP contribution in [0.3, 0.4) is 0 Å². The summed E-state index contributed by atoms with van der Waals surface area (Å²) in [4.78, 5) is 29.8. The molecular weight excluding hydrogens is 320 g/mol. The van der Waals surface area contributed by atoms with Crippen LogP contribution >= 0.6 is 0 Å². The lowest BCUT2D eigenvalue weighted by atomic mass is 9.92. The average Bonchev–Trinajstić information content (AvgIpc) is 2.62. The van der Waals surface area contributed by atoms with E-state index in [1.807, 2.05) is 37.3 Å². The van der Waals surface area contributed by atoms with E-state index in [-0.39, 0.29) is 17.5 Å². The lowest BCUT2D eigenvalue weighted by Crippen LogP contribution is -2.50. The van der Waals surface area contributed by atoms with Crippen molar-refractivity contribution in [1.82, 2.24) is 9.88 Å². The summed E-state index contributed by atoms with van der Waals surface area (Å²) in [5.74, 6) is 0.0735. The molecule has 2 atom stereocenters. The first-order chi connectivity index (χ1) is 12.0. The molecule has 2 unspecified atom stereocenters. The van der Waals surface area contributed by atoms with Gasteiger partial charge in [-0.25, -0.2) is 4.79 Å². The predicted molar refractivity (Wildman–Crippen MR) is 91.6 cm³/mol. The van der Waals surface area contributed by atoms with Crippen molar-refractivity contribution < 1.29 is 19.4 Å². The molecule has 3 rings (SSSR count). The van der Waals surface area contributed by atoms with Crippen molar-refractivity contribution in [3.05, 3.63) is 54.4 Å². The third kappa shape index (κ3) is 3.96. The van der Waals surface area contributed by atoms with Gasteiger partial charge < -0.3 is 14.7 Å². The molecule has 1 aromatic heterocycles. The number of carboxylic acids is 1. The SMILES string of the molecule is CC1CCN(C(=O)c2cc(Oc3ccccc3)ccn2)C(C(=O)O)C1. The lowest BCUT2D eigenvalue weighted by Gasteiger charge is -2.35. The third-order valence-corrected chi connectivity index (χ3v) is 4.34. The van der Waals surface area contributed by atoms with E-state index in [1.54, 1.807) is 12.1 Å². The summed E-state index contributed by atoms with van der Waals surface area (Å²) >= 11 is 0. The van der Waals surface area contributed by atoms with Crippen LogP contribution in [0.15, 0.2) is 48.7 Å². The molecule has 130 valence electrons. The number of nitrogens with zero attached hydrogens (tertiary/aromatic N) is 2. The first kappa shape index (κ1) is 17.0. The number of hydrogen-bond acceptors (Lipinski definition) is 4. The quantitative estimate of drug-likeness (QED) is 0.924. The molecule has 2 aromatic rings. The van der Waals surface area contributed by atoms with E-state index >= 15 is 0 Å². The maximum absolute atomic E-state index is 12.8. The average molecular weight is 340 g/mol. The lowest BCUT2D eigenvalue weighted by molar-refractivity contribution is -0.144. The van der Waals surface area contributed by atoms with Crippen LogP contribution in [-0.2, 0) is 4.79 Å². The highest BCUT2D eigenvalue weighted by atomic mass is 16.5. The van der Waals surface area contributed by atoms with Crippen LogP contribution in [0, 0.1) is 5.92 Å². The first-order valence-corrected chi connectivity index (χ1v) is 8.27. The topological polar surface area (TPSA) is 79.7 Å². The number of carbonyl (C=O) groups excluding carboxylic acids is 1. The number of para-hydroxylation sites is 1. The van der Waals surface area contributed by atoms with Crippen LogP contribution in [0.5, 0.6) is 11.5 Å². The van der Waals surface area contributed by atoms with Gasteiger partial charge in [-0.1, -0.05) is 25.1 Å². The smallest absolute Gasteiger partial charge is 0.326 e. The molecule has 1 aliphatic rings. The first-order valence-electron chi connectivity index (χ1n) is 8.27. The molecular formula is C19H20N2O4. The van der Waals surface area contributed by atoms with Crippen LogP contribution in [0.25, 0.3) is 0 Å². The molecule has 1 saturated heterocycles. The number of pyridine rings is 1. The Bertz CT molecular complexity index is 763. The summed E-state index contributed by atoms with van der Waals surface area (Å²) in [5, 5.41) is 9.43. The highest BCUT2D eigenvalue weighted by molar-refractivity contribution is 5.95. The van der Waals surface area contributed by atoms with E-state index in [4.69, 9.17) is 4.74 Å². The maximum atomic E-state index is 12.8. The van der Waals surface area contributed by atoms with Crippen LogP contribution in [0.4, 0.5) is 0 Å². The highest BCUT2D eigenvalue weighted by Gasteiger charge is 2.35. The molecule has 0 aliphatic carbocycles. The fraction of sp³-hybridized carbons (Fsp3) is 0.316. The minimum Gasteiger partial charge on any atom is -0.480 e. The van der Waals surface area contributed by atoms with E-state index in [1.165, 1.54) is 11.1 Å². The summed E-state index contributed by atoms with van der Waals surface area (Å²) in [6.45, 7) is 2.42. The van der Waals surface area contributed by atoms with Gasteiger partial charge in [0.25, 0.3) is 5.91 Å². The van der Waals surface area contributed by atoms with Crippen molar-refractivity contribution in [2.75, 3.05) is 6.54 Å². The second-order valence-electron chi connectivity index (χ2n) is 6.27. The second kappa shape index (κ2) is 7.34. The molecule has 2 heterocycles. The standard InChI is InChI=1S/C19H20N2O4/c1-13-8-10-21(17(11-13)19(23)24)18(22)16-12-15(7-9-20-16)25-14-5-3-2-4-6-14/h2-7,9,12-13,17H,8,10-11H2,1H3,(H,23,24). The Morgan fingerprint density at radius 1 is 1.20 bits per heavy atom. The molecule has 0 radical (unpaired) electrons. The zero-order chi connectivity index (χ0) is 17.8. The van der Waals surface area contributed by atoms with Gasteiger partial charge in [-0.3, -0.25) is 9.78 Å². The van der Waals surface area contributed by atoms with Gasteiger partial charge in [-0.2, -0.15) is 0 Å². The van der Waals surface area contributed by atoms with E-state index in [2.05, 4.69) is 4.98 Å². The molecule has 1 N–H and O–H groups in total. The largest absolute Gasteiger partial charge is 0.480 e. The van der Waals surface area contributed by atoms with Crippen LogP contribution < -0.4 is 4.74 Å². The zero-order valence-corrected chi connectivity index (χ0v) is 14.0. The maximum Gasteiger partial charge on any atom is 0.326 e. The Hall–Kier alpha value is -2.89. The number of ether oxygens (including phenoxy) is 1. The monoisotopic (exact) mass is 340 g/mol. The molecule has 6 nitrogen and oxygen atoms in total. The van der Waals surface area contributed by atoms with Crippen LogP contribution in [0.1, 0.15) is 30.3 Å². The molecule has 0 bridgehead atoms. The number of amides is 1. The molecule has 1 fully saturated rings. The number of aromatic nitrogens is 1. The Morgan fingerprint density at radius 2 is 1.96 bits per heavy atom. The minimum absolute atomic E-state index is 0.189. The van der Waals surface area contributed by atoms with Crippen molar-refractivity contribution in [1.29, 1.82) is 0 Å². The van der Waals surface area contributed by atoms with E-state index in [0.717, 1.165) is 6.42 Å². The van der Waals surface area contributed by atoms with Gasteiger partial charge in [0.15, 0.2) is 0 Å². The minimum atomic E-state index is -0.975. The molecule has 1 aliphatic heterocycles. The van der Waals surface area contributed by atoms with Gasteiger partial charge in [0.1, 0.15) is 23.2 Å². The summed E-state index contributed by atoms with van der Waals surface area (Å²) < 4.78 is 5.72. The number of piperidine rings is 1. The predicted octanol–water partition coefficient (Wildman–Crippen LogP) is 3.20. The van der Waals surface area contributed by atoms with Crippen molar-refractivity contribution in [3.8, 4) is 11.5 Å². The van der Waals surface area contributed by atoms with E-state index in [0.29, 0.717) is 24.5 Å². The van der Waals surface area contributed by atoms with Crippen molar-refractivity contribution in [2.45, 2.75) is 25.8 Å². The van der Waals surface area contributed by atoms with E-state index < -0.39 is 12.0 Å². The van der Waals surface area contributed by atoms with Crippen LogP contribution in [-0.4, -0.2) is 39.5 Å². The number of aliphatic carboxylic acids is 1. The van der Waals surface area contributed by atoms with Crippen molar-refractivity contribution in [2.24, 2.45) is 5.92 Å². The Kier molecular flexibility index (Phi) is 4.97. The summed E-state index contributed by atoms with van der Waals surface area (Å²) in [7, 11) is 0. The number of hydrogen-bond donors (Lipinski definition) is 1. The summed E-state index contributed by atoms with van der Waals surface area (Å²) in [6.07, 6.45) is 2.74. The van der Waals surface area contributed by atoms with Crippen LogP contribution in [0.2, 0.25) is 0 Å². The number of carbonyl (C=O) groups is 2. The molecule has 1 aromatic carbocycles. The van der Waals surface area contributed by atoms with Gasteiger partial charge in [0.2, 0.25) is 0 Å². The summed E-state index contributed by atoms with van der Waals surface area (Å²) in [6, 6.07) is 11.6. The molecule has 6 heteroatoms. The Labute approximate surface area is 146 Å². The van der Waals surface area contributed by atoms with Crippen molar-refractivity contribution in [3.63, 3.8) is 0 Å². The Balaban J connectivity index is 1.80.